The second-order valence-electron chi connectivity index (χ2n) is 4.27. The fourth-order valence-electron chi connectivity index (χ4n) is 1.72. The molecule has 0 aliphatic rings. The number of hydrogen-bond acceptors (Lipinski definition) is 3. The largest absolute Gasteiger partial charge is 0.508 e. The molecule has 2 rings (SSSR count). The summed E-state index contributed by atoms with van der Waals surface area (Å²) in [5.41, 5.74) is -0.0925. The van der Waals surface area contributed by atoms with E-state index in [0.717, 1.165) is 6.07 Å². The zero-order valence-electron chi connectivity index (χ0n) is 10.4. The van der Waals surface area contributed by atoms with Crippen LogP contribution in [0.2, 0.25) is 0 Å². The number of carbonyl (C=O) groups is 1. The fraction of sp³-hybridized carbons (Fsp3) is 0.231. The summed E-state index contributed by atoms with van der Waals surface area (Å²) in [4.78, 5) is 11.9. The molecule has 0 saturated carbocycles. The molecular weight excluding hydrogens is 249 g/mol. The summed E-state index contributed by atoms with van der Waals surface area (Å²) < 4.78 is 15.2. The van der Waals surface area contributed by atoms with Gasteiger partial charge in [-0.25, -0.2) is 4.39 Å². The lowest BCUT2D eigenvalue weighted by Gasteiger charge is -2.14. The number of halogens is 1. The predicted octanol–water partition coefficient (Wildman–Crippen LogP) is 1.55. The van der Waals surface area contributed by atoms with E-state index < -0.39 is 11.7 Å². The van der Waals surface area contributed by atoms with Gasteiger partial charge in [-0.3, -0.25) is 9.48 Å². The van der Waals surface area contributed by atoms with E-state index in [9.17, 15) is 9.18 Å². The van der Waals surface area contributed by atoms with Crippen LogP contribution in [0.25, 0.3) is 0 Å². The van der Waals surface area contributed by atoms with Crippen molar-refractivity contribution in [2.45, 2.75) is 19.5 Å². The van der Waals surface area contributed by atoms with Crippen LogP contribution >= 0.6 is 0 Å². The summed E-state index contributed by atoms with van der Waals surface area (Å²) in [6, 6.07) is 5.03. The van der Waals surface area contributed by atoms with Crippen LogP contribution in [0.15, 0.2) is 36.7 Å². The summed E-state index contributed by atoms with van der Waals surface area (Å²) in [7, 11) is 0. The molecule has 1 atom stereocenters. The van der Waals surface area contributed by atoms with Crippen LogP contribution in [0.5, 0.6) is 5.75 Å². The van der Waals surface area contributed by atoms with E-state index in [0.29, 0.717) is 6.54 Å². The highest BCUT2D eigenvalue weighted by atomic mass is 19.1. The Morgan fingerprint density at radius 3 is 3.00 bits per heavy atom. The Morgan fingerprint density at radius 1 is 1.58 bits per heavy atom. The van der Waals surface area contributed by atoms with E-state index in [1.54, 1.807) is 30.1 Å². The number of rotatable bonds is 4. The van der Waals surface area contributed by atoms with Gasteiger partial charge in [0, 0.05) is 24.5 Å². The molecule has 19 heavy (non-hydrogen) atoms. The maximum Gasteiger partial charge on any atom is 0.254 e. The Bertz CT molecular complexity index is 569. The first kappa shape index (κ1) is 13.1. The molecule has 0 aliphatic heterocycles. The van der Waals surface area contributed by atoms with E-state index >= 15 is 0 Å². The molecule has 1 aromatic heterocycles. The quantitative estimate of drug-likeness (QED) is 0.879. The Kier molecular flexibility index (Phi) is 3.79. The normalized spacial score (nSPS) is 12.1. The number of aromatic hydroxyl groups is 1. The van der Waals surface area contributed by atoms with Crippen LogP contribution in [0.4, 0.5) is 4.39 Å². The maximum atomic E-state index is 13.5. The molecule has 0 saturated heterocycles. The number of carbonyl (C=O) groups excluding carboxylic acids is 1. The van der Waals surface area contributed by atoms with Gasteiger partial charge in [0.2, 0.25) is 0 Å². The van der Waals surface area contributed by atoms with Crippen molar-refractivity contribution in [1.82, 2.24) is 15.1 Å². The average molecular weight is 263 g/mol. The first-order chi connectivity index (χ1) is 9.06. The van der Waals surface area contributed by atoms with Crippen molar-refractivity contribution in [1.29, 1.82) is 0 Å². The van der Waals surface area contributed by atoms with Crippen LogP contribution in [0, 0.1) is 5.82 Å². The number of amides is 1. The monoisotopic (exact) mass is 263 g/mol. The number of nitrogens with one attached hydrogen (secondary N) is 1. The van der Waals surface area contributed by atoms with Gasteiger partial charge < -0.3 is 10.4 Å². The first-order valence-electron chi connectivity index (χ1n) is 5.83. The van der Waals surface area contributed by atoms with Crippen LogP contribution in [-0.4, -0.2) is 26.8 Å². The van der Waals surface area contributed by atoms with Gasteiger partial charge in [0.1, 0.15) is 11.6 Å². The van der Waals surface area contributed by atoms with Crippen molar-refractivity contribution >= 4 is 5.91 Å². The molecule has 0 aliphatic carbocycles. The molecule has 100 valence electrons. The number of aromatic nitrogens is 2. The van der Waals surface area contributed by atoms with E-state index in [2.05, 4.69) is 10.4 Å². The molecule has 1 heterocycles. The lowest BCUT2D eigenvalue weighted by atomic mass is 10.1. The highest BCUT2D eigenvalue weighted by Gasteiger charge is 2.14. The van der Waals surface area contributed by atoms with E-state index in [1.165, 1.54) is 12.1 Å². The van der Waals surface area contributed by atoms with Gasteiger partial charge >= 0.3 is 0 Å². The van der Waals surface area contributed by atoms with Gasteiger partial charge in [-0.15, -0.1) is 0 Å². The Labute approximate surface area is 109 Å². The number of phenols is 1. The molecule has 0 spiro atoms. The van der Waals surface area contributed by atoms with Crippen molar-refractivity contribution in [3.05, 3.63) is 48.0 Å². The van der Waals surface area contributed by atoms with Crippen molar-refractivity contribution in [2.75, 3.05) is 0 Å². The molecule has 6 heteroatoms. The average Bonchev–Trinajstić information content (AvgIpc) is 2.81. The molecule has 1 aromatic carbocycles. The van der Waals surface area contributed by atoms with Crippen LogP contribution in [-0.2, 0) is 6.54 Å². The second-order valence-corrected chi connectivity index (χ2v) is 4.27. The lowest BCUT2D eigenvalue weighted by Crippen LogP contribution is -2.36. The molecular formula is C13H14FN3O2. The summed E-state index contributed by atoms with van der Waals surface area (Å²) in [6.07, 6.45) is 3.43. The smallest absolute Gasteiger partial charge is 0.254 e. The molecule has 0 radical (unpaired) electrons. The Balaban J connectivity index is 2.00. The zero-order valence-corrected chi connectivity index (χ0v) is 10.4. The Hall–Kier alpha value is -2.37. The van der Waals surface area contributed by atoms with Gasteiger partial charge in [0.25, 0.3) is 5.91 Å². The third-order valence-electron chi connectivity index (χ3n) is 2.59. The van der Waals surface area contributed by atoms with Crippen molar-refractivity contribution < 1.29 is 14.3 Å². The van der Waals surface area contributed by atoms with Crippen LogP contribution in [0.1, 0.15) is 17.3 Å². The van der Waals surface area contributed by atoms with E-state index in [-0.39, 0.29) is 17.4 Å². The highest BCUT2D eigenvalue weighted by Crippen LogP contribution is 2.15. The standard InChI is InChI=1S/C13H14FN3O2/c1-9(8-17-6-2-5-15-17)16-13(19)11-4-3-10(18)7-12(11)14/h2-7,9,18H,8H2,1H3,(H,16,19). The first-order valence-corrected chi connectivity index (χ1v) is 5.83. The lowest BCUT2D eigenvalue weighted by molar-refractivity contribution is 0.0932. The molecule has 2 N–H and O–H groups in total. The minimum Gasteiger partial charge on any atom is -0.508 e. The minimum absolute atomic E-state index is 0.0925. The second kappa shape index (κ2) is 5.51. The number of benzene rings is 1. The third-order valence-corrected chi connectivity index (χ3v) is 2.59. The van der Waals surface area contributed by atoms with E-state index in [1.807, 2.05) is 0 Å². The van der Waals surface area contributed by atoms with Crippen molar-refractivity contribution in [3.63, 3.8) is 0 Å². The van der Waals surface area contributed by atoms with Crippen LogP contribution in [0.3, 0.4) is 0 Å². The summed E-state index contributed by atoms with van der Waals surface area (Å²) >= 11 is 0. The van der Waals surface area contributed by atoms with Gasteiger partial charge in [0.05, 0.1) is 12.1 Å². The summed E-state index contributed by atoms with van der Waals surface area (Å²) in [5, 5.41) is 15.8. The SMILES string of the molecule is CC(Cn1cccn1)NC(=O)c1ccc(O)cc1F. The number of hydrogen-bond donors (Lipinski definition) is 2. The minimum atomic E-state index is -0.746. The Morgan fingerprint density at radius 2 is 2.37 bits per heavy atom. The summed E-state index contributed by atoms with van der Waals surface area (Å²) in [6.45, 7) is 2.30. The zero-order chi connectivity index (χ0) is 13.8. The predicted molar refractivity (Wildman–Crippen MR) is 67.2 cm³/mol. The van der Waals surface area contributed by atoms with Gasteiger partial charge in [0.15, 0.2) is 0 Å². The van der Waals surface area contributed by atoms with Gasteiger partial charge in [-0.1, -0.05) is 0 Å². The highest BCUT2D eigenvalue weighted by molar-refractivity contribution is 5.94. The number of nitrogens with zero attached hydrogens (tertiary/aromatic N) is 2. The number of phenolic OH excluding ortho intramolecular Hbond substituents is 1. The van der Waals surface area contributed by atoms with Crippen molar-refractivity contribution in [3.8, 4) is 5.75 Å². The summed E-state index contributed by atoms with van der Waals surface area (Å²) in [5.74, 6) is -1.47. The topological polar surface area (TPSA) is 67.2 Å². The van der Waals surface area contributed by atoms with Crippen molar-refractivity contribution in [2.24, 2.45) is 0 Å². The third kappa shape index (κ3) is 3.31. The molecule has 0 bridgehead atoms. The molecule has 2 aromatic rings. The maximum absolute atomic E-state index is 13.5. The van der Waals surface area contributed by atoms with Crippen LogP contribution < -0.4 is 5.32 Å². The van der Waals surface area contributed by atoms with Gasteiger partial charge in [-0.05, 0) is 25.1 Å². The molecule has 0 fully saturated rings. The van der Waals surface area contributed by atoms with E-state index in [4.69, 9.17) is 5.11 Å². The molecule has 5 nitrogen and oxygen atoms in total. The fourth-order valence-corrected chi connectivity index (χ4v) is 1.72. The van der Waals surface area contributed by atoms with Gasteiger partial charge in [-0.2, -0.15) is 5.10 Å². The molecule has 1 unspecified atom stereocenters. The molecule has 1 amide bonds.